The average Bonchev–Trinajstić information content (AvgIpc) is 2.92. The van der Waals surface area contributed by atoms with Gasteiger partial charge in [0.25, 0.3) is 0 Å². The van der Waals surface area contributed by atoms with Crippen molar-refractivity contribution < 1.29 is 36.3 Å². The molecule has 0 radical (unpaired) electrons. The van der Waals surface area contributed by atoms with E-state index >= 15 is 0 Å². The molecule has 1 aromatic heterocycles. The van der Waals surface area contributed by atoms with E-state index in [2.05, 4.69) is 14.3 Å². The first kappa shape index (κ1) is 14.2. The lowest BCUT2D eigenvalue weighted by atomic mass is 10.2. The molecule has 0 atom stereocenters. The molecule has 0 unspecified atom stereocenters. The van der Waals surface area contributed by atoms with E-state index in [1.165, 1.54) is 18.3 Å². The zero-order valence-electron chi connectivity index (χ0n) is 9.46. The summed E-state index contributed by atoms with van der Waals surface area (Å²) in [7, 11) is -2.28. The van der Waals surface area contributed by atoms with E-state index in [9.17, 15) is 27.0 Å². The molecule has 20 heavy (non-hydrogen) atoms. The molecular weight excluding hydrogens is 288 g/mol. The topological polar surface area (TPSA) is 54.5 Å². The van der Waals surface area contributed by atoms with Crippen LogP contribution in [0.1, 0.15) is 0 Å². The summed E-state index contributed by atoms with van der Waals surface area (Å²) >= 11 is 0. The molecule has 0 spiro atoms. The SMILES string of the molecule is OB(Oc1ccc[nH]1)Oc1c(F)c(F)c(F)c(F)c1F. The Morgan fingerprint density at radius 2 is 1.45 bits per heavy atom. The summed E-state index contributed by atoms with van der Waals surface area (Å²) in [6.07, 6.45) is 1.40. The first-order chi connectivity index (χ1) is 9.41. The number of nitrogens with one attached hydrogen (secondary N) is 1. The van der Waals surface area contributed by atoms with Gasteiger partial charge in [0, 0.05) is 6.20 Å². The predicted molar refractivity (Wildman–Crippen MR) is 56.3 cm³/mol. The maximum atomic E-state index is 13.2. The molecule has 0 aliphatic rings. The minimum atomic E-state index is -2.33. The van der Waals surface area contributed by atoms with Gasteiger partial charge in [-0.3, -0.25) is 0 Å². The lowest BCUT2D eigenvalue weighted by molar-refractivity contribution is 0.268. The number of aromatic amines is 1. The van der Waals surface area contributed by atoms with Gasteiger partial charge in [-0.2, -0.15) is 8.78 Å². The molecule has 2 aromatic rings. The maximum Gasteiger partial charge on any atom is 0.786 e. The van der Waals surface area contributed by atoms with Crippen molar-refractivity contribution in [1.82, 2.24) is 4.98 Å². The third kappa shape index (κ3) is 2.55. The van der Waals surface area contributed by atoms with Crippen LogP contribution in [0.3, 0.4) is 0 Å². The highest BCUT2D eigenvalue weighted by Crippen LogP contribution is 2.29. The van der Waals surface area contributed by atoms with Gasteiger partial charge in [0.15, 0.2) is 11.6 Å². The summed E-state index contributed by atoms with van der Waals surface area (Å²) in [5.74, 6) is -12.8. The third-order valence-corrected chi connectivity index (χ3v) is 2.19. The molecule has 4 nitrogen and oxygen atoms in total. The van der Waals surface area contributed by atoms with E-state index in [0.29, 0.717) is 0 Å². The second-order valence-corrected chi connectivity index (χ2v) is 3.48. The lowest BCUT2D eigenvalue weighted by Gasteiger charge is -2.12. The van der Waals surface area contributed by atoms with Crippen LogP contribution in [-0.4, -0.2) is 17.3 Å². The van der Waals surface area contributed by atoms with Crippen LogP contribution < -0.4 is 9.31 Å². The number of hydrogen-bond donors (Lipinski definition) is 2. The Balaban J connectivity index is 2.25. The quantitative estimate of drug-likeness (QED) is 0.393. The van der Waals surface area contributed by atoms with Gasteiger partial charge in [0.1, 0.15) is 0 Å². The van der Waals surface area contributed by atoms with Crippen molar-refractivity contribution in [2.24, 2.45) is 0 Å². The third-order valence-electron chi connectivity index (χ3n) is 2.19. The van der Waals surface area contributed by atoms with Crippen LogP contribution in [0, 0.1) is 29.1 Å². The average molecular weight is 293 g/mol. The van der Waals surface area contributed by atoms with Gasteiger partial charge in [-0.1, -0.05) is 0 Å². The van der Waals surface area contributed by atoms with Crippen LogP contribution in [0.5, 0.6) is 11.6 Å². The van der Waals surface area contributed by atoms with Crippen LogP contribution in [0.4, 0.5) is 22.0 Å². The van der Waals surface area contributed by atoms with Crippen molar-refractivity contribution in [3.05, 3.63) is 47.4 Å². The fourth-order valence-electron chi connectivity index (χ4n) is 1.31. The Labute approximate surface area is 108 Å². The molecule has 0 bridgehead atoms. The molecule has 2 rings (SSSR count). The van der Waals surface area contributed by atoms with Gasteiger partial charge >= 0.3 is 7.32 Å². The van der Waals surface area contributed by atoms with Gasteiger partial charge in [-0.25, -0.2) is 13.2 Å². The van der Waals surface area contributed by atoms with Crippen LogP contribution in [-0.2, 0) is 0 Å². The number of aromatic nitrogens is 1. The second kappa shape index (κ2) is 5.41. The van der Waals surface area contributed by atoms with Crippen molar-refractivity contribution >= 4 is 7.32 Å². The fourth-order valence-corrected chi connectivity index (χ4v) is 1.31. The van der Waals surface area contributed by atoms with Crippen molar-refractivity contribution in [1.29, 1.82) is 0 Å². The van der Waals surface area contributed by atoms with E-state index in [4.69, 9.17) is 0 Å². The molecule has 0 aliphatic carbocycles. The number of H-pyrrole nitrogens is 1. The molecule has 0 saturated carbocycles. The van der Waals surface area contributed by atoms with E-state index in [0.717, 1.165) is 0 Å². The minimum absolute atomic E-state index is 0.0404. The normalized spacial score (nSPS) is 10.5. The zero-order chi connectivity index (χ0) is 14.9. The maximum absolute atomic E-state index is 13.2. The van der Waals surface area contributed by atoms with Crippen molar-refractivity contribution in [2.75, 3.05) is 0 Å². The van der Waals surface area contributed by atoms with E-state index in [1.807, 2.05) is 0 Å². The van der Waals surface area contributed by atoms with Crippen LogP contribution >= 0.6 is 0 Å². The monoisotopic (exact) mass is 293 g/mol. The Morgan fingerprint density at radius 1 is 0.900 bits per heavy atom. The van der Waals surface area contributed by atoms with Crippen LogP contribution in [0.25, 0.3) is 0 Å². The molecule has 2 N–H and O–H groups in total. The van der Waals surface area contributed by atoms with Gasteiger partial charge in [-0.05, 0) is 12.1 Å². The van der Waals surface area contributed by atoms with Gasteiger partial charge in [-0.15, -0.1) is 0 Å². The number of benzene rings is 1. The molecule has 0 saturated heterocycles. The summed E-state index contributed by atoms with van der Waals surface area (Å²) in [6, 6.07) is 2.80. The highest BCUT2D eigenvalue weighted by molar-refractivity contribution is 6.36. The molecular formula is C10H5BF5NO3. The van der Waals surface area contributed by atoms with Crippen molar-refractivity contribution in [3.63, 3.8) is 0 Å². The fraction of sp³-hybridized carbons (Fsp3) is 0. The molecule has 0 fully saturated rings. The lowest BCUT2D eigenvalue weighted by Crippen LogP contribution is -2.31. The number of rotatable bonds is 4. The molecule has 0 amide bonds. The molecule has 1 aromatic carbocycles. The summed E-state index contributed by atoms with van der Waals surface area (Å²) in [5.41, 5.74) is 0. The Kier molecular flexibility index (Phi) is 3.84. The van der Waals surface area contributed by atoms with E-state index in [-0.39, 0.29) is 5.88 Å². The molecule has 106 valence electrons. The van der Waals surface area contributed by atoms with Gasteiger partial charge < -0.3 is 19.3 Å². The first-order valence-corrected chi connectivity index (χ1v) is 5.08. The Bertz CT molecular complexity index is 593. The van der Waals surface area contributed by atoms with E-state index < -0.39 is 42.2 Å². The van der Waals surface area contributed by atoms with Crippen molar-refractivity contribution in [3.8, 4) is 11.6 Å². The number of hydrogen-bond acceptors (Lipinski definition) is 3. The predicted octanol–water partition coefficient (Wildman–Crippen LogP) is 2.15. The highest BCUT2D eigenvalue weighted by Gasteiger charge is 2.32. The second-order valence-electron chi connectivity index (χ2n) is 3.48. The smallest absolute Gasteiger partial charge is 0.496 e. The van der Waals surface area contributed by atoms with Crippen LogP contribution in [0.15, 0.2) is 18.3 Å². The molecule has 0 aliphatic heterocycles. The summed E-state index contributed by atoms with van der Waals surface area (Å²) in [5, 5.41) is 9.24. The minimum Gasteiger partial charge on any atom is -0.496 e. The standard InChI is InChI=1S/C10H5BF5NO3/c12-5-6(13)8(15)10(9(16)7(5)14)20-11(18)19-4-2-1-3-17-4/h1-3,17-18H. The summed E-state index contributed by atoms with van der Waals surface area (Å²) < 4.78 is 73.7. The summed E-state index contributed by atoms with van der Waals surface area (Å²) in [4.78, 5) is 2.46. The van der Waals surface area contributed by atoms with Crippen molar-refractivity contribution in [2.45, 2.75) is 0 Å². The number of halogens is 5. The summed E-state index contributed by atoms with van der Waals surface area (Å²) in [6.45, 7) is 0. The Morgan fingerprint density at radius 3 is 1.95 bits per heavy atom. The van der Waals surface area contributed by atoms with E-state index in [1.54, 1.807) is 0 Å². The van der Waals surface area contributed by atoms with Gasteiger partial charge in [0.2, 0.25) is 29.1 Å². The highest BCUT2D eigenvalue weighted by atomic mass is 19.2. The molecule has 1 heterocycles. The zero-order valence-corrected chi connectivity index (χ0v) is 9.46. The van der Waals surface area contributed by atoms with Gasteiger partial charge in [0.05, 0.1) is 0 Å². The van der Waals surface area contributed by atoms with Crippen LogP contribution in [0.2, 0.25) is 0 Å². The Hall–Kier alpha value is -2.23. The largest absolute Gasteiger partial charge is 0.786 e. The molecule has 10 heteroatoms. The first-order valence-electron chi connectivity index (χ1n) is 5.08.